The molecule has 0 aliphatic rings. The van der Waals surface area contributed by atoms with Crippen molar-refractivity contribution >= 4 is 16.8 Å². The normalized spacial score (nSPS) is 10.6. The Bertz CT molecular complexity index is 428. The van der Waals surface area contributed by atoms with Gasteiger partial charge in [0.25, 0.3) is 17.2 Å². The van der Waals surface area contributed by atoms with E-state index in [0.717, 1.165) is 6.07 Å². The fraction of sp³-hybridized carbons (Fsp3) is 0.250. The molecule has 6 heteroatoms. The molecule has 0 bridgehead atoms. The summed E-state index contributed by atoms with van der Waals surface area (Å²) in [6, 6.07) is 1.05. The summed E-state index contributed by atoms with van der Waals surface area (Å²) in [5.74, 6) is 0. The number of carbonyl (C=O) groups excluding carboxylic acids is 1. The highest BCUT2D eigenvalue weighted by Gasteiger charge is 2.16. The van der Waals surface area contributed by atoms with E-state index in [1.807, 2.05) is 4.98 Å². The standard InChI is InChI=1S/C8H6ClF2NO2/c1-3-2-4(6(9)13)8(14)12-5(3)7(10)11/h2,7H,1H3,(H,12,14). The third-order valence-electron chi connectivity index (χ3n) is 1.71. The molecule has 0 amide bonds. The molecule has 0 aromatic carbocycles. The summed E-state index contributed by atoms with van der Waals surface area (Å²) in [6.07, 6.45) is -2.78. The van der Waals surface area contributed by atoms with Gasteiger partial charge in [-0.1, -0.05) is 0 Å². The zero-order chi connectivity index (χ0) is 10.9. The molecule has 1 aromatic heterocycles. The molecule has 0 aliphatic heterocycles. The highest BCUT2D eigenvalue weighted by atomic mass is 35.5. The maximum absolute atomic E-state index is 12.3. The van der Waals surface area contributed by atoms with Crippen LogP contribution < -0.4 is 5.56 Å². The first-order valence-electron chi connectivity index (χ1n) is 3.65. The number of halogens is 3. The first-order chi connectivity index (χ1) is 6.43. The average Bonchev–Trinajstić information content (AvgIpc) is 2.07. The third kappa shape index (κ3) is 1.98. The van der Waals surface area contributed by atoms with Crippen LogP contribution in [-0.4, -0.2) is 10.2 Å². The van der Waals surface area contributed by atoms with Gasteiger partial charge in [-0.3, -0.25) is 9.59 Å². The van der Waals surface area contributed by atoms with Crippen molar-refractivity contribution in [2.75, 3.05) is 0 Å². The fourth-order valence-electron chi connectivity index (χ4n) is 1.02. The van der Waals surface area contributed by atoms with Gasteiger partial charge in [0.1, 0.15) is 0 Å². The first-order valence-corrected chi connectivity index (χ1v) is 4.03. The first kappa shape index (κ1) is 10.8. The Morgan fingerprint density at radius 1 is 1.57 bits per heavy atom. The maximum Gasteiger partial charge on any atom is 0.278 e. The Morgan fingerprint density at radius 2 is 2.14 bits per heavy atom. The van der Waals surface area contributed by atoms with E-state index in [9.17, 15) is 18.4 Å². The second kappa shape index (κ2) is 3.88. The van der Waals surface area contributed by atoms with E-state index in [1.54, 1.807) is 0 Å². The summed E-state index contributed by atoms with van der Waals surface area (Å²) in [5, 5.41) is -0.963. The van der Waals surface area contributed by atoms with Gasteiger partial charge in [0, 0.05) is 0 Å². The Morgan fingerprint density at radius 3 is 2.57 bits per heavy atom. The molecule has 14 heavy (non-hydrogen) atoms. The van der Waals surface area contributed by atoms with Crippen molar-refractivity contribution in [2.45, 2.75) is 13.3 Å². The smallest absolute Gasteiger partial charge is 0.278 e. The molecular formula is C8H6ClF2NO2. The molecule has 0 radical (unpaired) electrons. The predicted molar refractivity (Wildman–Crippen MR) is 46.9 cm³/mol. The van der Waals surface area contributed by atoms with Gasteiger partial charge in [-0.15, -0.1) is 0 Å². The topological polar surface area (TPSA) is 49.9 Å². The van der Waals surface area contributed by atoms with Crippen LogP contribution in [0.5, 0.6) is 0 Å². The molecule has 0 fully saturated rings. The molecule has 0 saturated heterocycles. The third-order valence-corrected chi connectivity index (χ3v) is 1.91. The van der Waals surface area contributed by atoms with Crippen LogP contribution in [0.4, 0.5) is 8.78 Å². The van der Waals surface area contributed by atoms with Gasteiger partial charge >= 0.3 is 0 Å². The minimum Gasteiger partial charge on any atom is -0.320 e. The van der Waals surface area contributed by atoms with Gasteiger partial charge in [0.15, 0.2) is 0 Å². The van der Waals surface area contributed by atoms with Crippen LogP contribution in [0.15, 0.2) is 10.9 Å². The number of alkyl halides is 2. The number of rotatable bonds is 2. The zero-order valence-electron chi connectivity index (χ0n) is 7.11. The number of nitrogens with one attached hydrogen (secondary N) is 1. The summed E-state index contributed by atoms with van der Waals surface area (Å²) < 4.78 is 24.5. The molecule has 1 aromatic rings. The van der Waals surface area contributed by atoms with Crippen molar-refractivity contribution < 1.29 is 13.6 Å². The van der Waals surface area contributed by atoms with Crippen molar-refractivity contribution in [1.29, 1.82) is 0 Å². The van der Waals surface area contributed by atoms with Gasteiger partial charge < -0.3 is 4.98 Å². The van der Waals surface area contributed by atoms with Crippen LogP contribution >= 0.6 is 11.6 Å². The second-order valence-electron chi connectivity index (χ2n) is 2.68. The molecule has 1 heterocycles. The van der Waals surface area contributed by atoms with Crippen LogP contribution in [0.2, 0.25) is 0 Å². The van der Waals surface area contributed by atoms with E-state index in [1.165, 1.54) is 6.92 Å². The zero-order valence-corrected chi connectivity index (χ0v) is 7.86. The molecular weight excluding hydrogens is 216 g/mol. The van der Waals surface area contributed by atoms with Gasteiger partial charge in [-0.2, -0.15) is 0 Å². The van der Waals surface area contributed by atoms with Crippen LogP contribution in [0.25, 0.3) is 0 Å². The number of H-pyrrole nitrogens is 1. The number of hydrogen-bond acceptors (Lipinski definition) is 2. The van der Waals surface area contributed by atoms with E-state index in [2.05, 4.69) is 0 Å². The maximum atomic E-state index is 12.3. The van der Waals surface area contributed by atoms with E-state index in [4.69, 9.17) is 11.6 Å². The summed E-state index contributed by atoms with van der Waals surface area (Å²) >= 11 is 5.07. The lowest BCUT2D eigenvalue weighted by Gasteiger charge is -2.04. The molecule has 0 saturated carbocycles. The number of carbonyl (C=O) groups is 1. The summed E-state index contributed by atoms with van der Waals surface area (Å²) in [4.78, 5) is 23.6. The predicted octanol–water partition coefficient (Wildman–Crippen LogP) is 2.00. The van der Waals surface area contributed by atoms with Crippen molar-refractivity contribution in [2.24, 2.45) is 0 Å². The molecule has 0 atom stereocenters. The van der Waals surface area contributed by atoms with Crippen molar-refractivity contribution in [3.63, 3.8) is 0 Å². The molecule has 0 unspecified atom stereocenters. The Kier molecular flexibility index (Phi) is 3.00. The van der Waals surface area contributed by atoms with E-state index in [0.29, 0.717) is 0 Å². The van der Waals surface area contributed by atoms with Crippen LogP contribution in [0.1, 0.15) is 28.0 Å². The molecule has 1 N–H and O–H groups in total. The molecule has 0 aliphatic carbocycles. The number of pyridine rings is 1. The lowest BCUT2D eigenvalue weighted by atomic mass is 10.1. The Balaban J connectivity index is 3.39. The van der Waals surface area contributed by atoms with E-state index in [-0.39, 0.29) is 11.1 Å². The average molecular weight is 222 g/mol. The number of hydrogen-bond donors (Lipinski definition) is 1. The lowest BCUT2D eigenvalue weighted by molar-refractivity contribution is 0.107. The van der Waals surface area contributed by atoms with Gasteiger partial charge in [0.05, 0.1) is 11.3 Å². The SMILES string of the molecule is Cc1cc(C(=O)Cl)c(=O)[nH]c1C(F)F. The van der Waals surface area contributed by atoms with Crippen molar-refractivity contribution in [3.8, 4) is 0 Å². The molecule has 3 nitrogen and oxygen atoms in total. The summed E-state index contributed by atoms with van der Waals surface area (Å²) in [7, 11) is 0. The number of aromatic amines is 1. The quantitative estimate of drug-likeness (QED) is 0.777. The molecule has 0 spiro atoms. The highest BCUT2D eigenvalue weighted by molar-refractivity contribution is 6.67. The minimum atomic E-state index is -2.78. The van der Waals surface area contributed by atoms with Crippen LogP contribution in [-0.2, 0) is 0 Å². The Labute approximate surface area is 82.7 Å². The van der Waals surface area contributed by atoms with Crippen LogP contribution in [0.3, 0.4) is 0 Å². The largest absolute Gasteiger partial charge is 0.320 e. The van der Waals surface area contributed by atoms with Crippen LogP contribution in [0, 0.1) is 6.92 Å². The van der Waals surface area contributed by atoms with Gasteiger partial charge in [-0.25, -0.2) is 8.78 Å². The van der Waals surface area contributed by atoms with Gasteiger partial charge in [-0.05, 0) is 30.2 Å². The monoisotopic (exact) mass is 221 g/mol. The minimum absolute atomic E-state index is 0.128. The summed E-state index contributed by atoms with van der Waals surface area (Å²) in [5.41, 5.74) is -1.58. The van der Waals surface area contributed by atoms with Crippen molar-refractivity contribution in [3.05, 3.63) is 33.2 Å². The molecule has 1 rings (SSSR count). The second-order valence-corrected chi connectivity index (χ2v) is 3.03. The summed E-state index contributed by atoms with van der Waals surface area (Å²) in [6.45, 7) is 1.36. The lowest BCUT2D eigenvalue weighted by Crippen LogP contribution is -2.18. The van der Waals surface area contributed by atoms with E-state index >= 15 is 0 Å². The number of aromatic nitrogens is 1. The van der Waals surface area contributed by atoms with Gasteiger partial charge in [0.2, 0.25) is 0 Å². The fourth-order valence-corrected chi connectivity index (χ4v) is 1.16. The van der Waals surface area contributed by atoms with Crippen molar-refractivity contribution in [1.82, 2.24) is 4.98 Å². The highest BCUT2D eigenvalue weighted by Crippen LogP contribution is 2.19. The number of aryl methyl sites for hydroxylation is 1. The molecule has 76 valence electrons. The van der Waals surface area contributed by atoms with E-state index < -0.39 is 22.9 Å². The Hall–Kier alpha value is -1.23.